The van der Waals surface area contributed by atoms with E-state index in [1.165, 1.54) is 19.3 Å². The molecule has 0 bridgehead atoms. The summed E-state index contributed by atoms with van der Waals surface area (Å²) in [5, 5.41) is 0. The predicted octanol–water partition coefficient (Wildman–Crippen LogP) is 3.75. The molecule has 1 aromatic carbocycles. The molecule has 0 amide bonds. The molecule has 5 heteroatoms. The van der Waals surface area contributed by atoms with E-state index in [0.29, 0.717) is 0 Å². The predicted molar refractivity (Wildman–Crippen MR) is 73.0 cm³/mol. The van der Waals surface area contributed by atoms with Crippen LogP contribution >= 0.6 is 0 Å². The zero-order valence-electron chi connectivity index (χ0n) is 11.5. The molecule has 106 valence electrons. The van der Waals surface area contributed by atoms with E-state index in [0.717, 1.165) is 19.3 Å². The van der Waals surface area contributed by atoms with Crippen molar-refractivity contribution < 1.29 is 54.3 Å². The summed E-state index contributed by atoms with van der Waals surface area (Å²) in [5.41, 5.74) is 0. The maximum Gasteiger partial charge on any atom is 0.296 e. The monoisotopic (exact) mass is 410 g/mol. The van der Waals surface area contributed by atoms with Crippen LogP contribution in [0.15, 0.2) is 35.2 Å². The summed E-state index contributed by atoms with van der Waals surface area (Å²) in [5.74, 6) is 0. The maximum absolute atomic E-state index is 11.7. The SMILES string of the molecule is CCCCCCCCOS(=O)(=O)c1ccccc1.[Ce]. The summed E-state index contributed by atoms with van der Waals surface area (Å²) in [6.07, 6.45) is 6.69. The van der Waals surface area contributed by atoms with Crippen molar-refractivity contribution >= 4 is 10.1 Å². The molecule has 0 spiro atoms. The van der Waals surface area contributed by atoms with Crippen molar-refractivity contribution in [3.05, 3.63) is 30.3 Å². The van der Waals surface area contributed by atoms with Gasteiger partial charge in [-0.15, -0.1) is 0 Å². The summed E-state index contributed by atoms with van der Waals surface area (Å²) in [7, 11) is -3.56. The number of benzene rings is 1. The molecule has 0 aliphatic rings. The Morgan fingerprint density at radius 2 is 1.53 bits per heavy atom. The summed E-state index contributed by atoms with van der Waals surface area (Å²) >= 11 is 0. The fourth-order valence-electron chi connectivity index (χ4n) is 1.71. The molecule has 0 aliphatic heterocycles. The van der Waals surface area contributed by atoms with Crippen LogP contribution in [0.25, 0.3) is 0 Å². The number of hydrogen-bond donors (Lipinski definition) is 0. The molecule has 3 nitrogen and oxygen atoms in total. The van der Waals surface area contributed by atoms with Gasteiger partial charge in [0, 0.05) is 41.7 Å². The standard InChI is InChI=1S/C14H22O3S.Ce/c1-2-3-4-5-6-10-13-17-18(15,16)14-11-8-7-9-12-14;/h7-9,11-12H,2-6,10,13H2,1H3;. The second-order valence-electron chi connectivity index (χ2n) is 4.36. The molecule has 0 atom stereocenters. The van der Waals surface area contributed by atoms with Crippen molar-refractivity contribution in [1.82, 2.24) is 0 Å². The molecule has 0 saturated heterocycles. The van der Waals surface area contributed by atoms with E-state index in [1.54, 1.807) is 30.3 Å². The second kappa shape index (κ2) is 11.2. The molecule has 1 aromatic rings. The Labute approximate surface area is 150 Å². The van der Waals surface area contributed by atoms with Crippen LogP contribution in [0.1, 0.15) is 45.4 Å². The first-order valence-electron chi connectivity index (χ1n) is 6.61. The average molecular weight is 411 g/mol. The van der Waals surface area contributed by atoms with Gasteiger partial charge in [-0.2, -0.15) is 8.42 Å². The van der Waals surface area contributed by atoms with Gasteiger partial charge in [-0.05, 0) is 18.6 Å². The zero-order valence-corrected chi connectivity index (χ0v) is 15.4. The first kappa shape index (κ1) is 19.5. The number of rotatable bonds is 9. The van der Waals surface area contributed by atoms with E-state index in [2.05, 4.69) is 6.92 Å². The van der Waals surface area contributed by atoms with Crippen molar-refractivity contribution in [1.29, 1.82) is 0 Å². The molecule has 0 unspecified atom stereocenters. The minimum atomic E-state index is -3.56. The van der Waals surface area contributed by atoms with Crippen LogP contribution in [0.3, 0.4) is 0 Å². The van der Waals surface area contributed by atoms with Gasteiger partial charge >= 0.3 is 0 Å². The van der Waals surface area contributed by atoms with Gasteiger partial charge in [0.15, 0.2) is 0 Å². The van der Waals surface area contributed by atoms with Crippen LogP contribution in [0, 0.1) is 41.7 Å². The fraction of sp³-hybridized carbons (Fsp3) is 0.571. The van der Waals surface area contributed by atoms with Crippen LogP contribution in [-0.2, 0) is 14.3 Å². The van der Waals surface area contributed by atoms with Gasteiger partial charge in [-0.1, -0.05) is 57.2 Å². The van der Waals surface area contributed by atoms with E-state index >= 15 is 0 Å². The van der Waals surface area contributed by atoms with E-state index in [-0.39, 0.29) is 53.2 Å². The summed E-state index contributed by atoms with van der Waals surface area (Å²) in [4.78, 5) is 0.232. The smallest absolute Gasteiger partial charge is 0.266 e. The number of unbranched alkanes of at least 4 members (excludes halogenated alkanes) is 5. The quantitative estimate of drug-likeness (QED) is 0.460. The minimum absolute atomic E-state index is 0. The van der Waals surface area contributed by atoms with E-state index in [4.69, 9.17) is 4.18 Å². The molecule has 1 rings (SSSR count). The van der Waals surface area contributed by atoms with E-state index < -0.39 is 10.1 Å². The molecule has 19 heavy (non-hydrogen) atoms. The van der Waals surface area contributed by atoms with Crippen molar-refractivity contribution in [2.45, 2.75) is 50.3 Å². The van der Waals surface area contributed by atoms with Crippen molar-refractivity contribution in [2.75, 3.05) is 6.61 Å². The zero-order chi connectivity index (χ0) is 13.3. The van der Waals surface area contributed by atoms with Crippen LogP contribution in [-0.4, -0.2) is 15.0 Å². The first-order valence-corrected chi connectivity index (χ1v) is 8.02. The molecule has 0 N–H and O–H groups in total. The Kier molecular flexibility index (Phi) is 11.5. The van der Waals surface area contributed by atoms with Gasteiger partial charge in [0.25, 0.3) is 10.1 Å². The number of hydrogen-bond acceptors (Lipinski definition) is 3. The molecular weight excluding hydrogens is 388 g/mol. The van der Waals surface area contributed by atoms with Gasteiger partial charge < -0.3 is 0 Å². The third-order valence-corrected chi connectivity index (χ3v) is 4.09. The Balaban J connectivity index is 0.00000324. The van der Waals surface area contributed by atoms with E-state index in [9.17, 15) is 8.42 Å². The Morgan fingerprint density at radius 1 is 0.947 bits per heavy atom. The summed E-state index contributed by atoms with van der Waals surface area (Å²) < 4.78 is 28.5. The third-order valence-electron chi connectivity index (χ3n) is 2.77. The van der Waals surface area contributed by atoms with Crippen molar-refractivity contribution in [3.63, 3.8) is 0 Å². The molecule has 0 heterocycles. The molecule has 0 saturated carbocycles. The van der Waals surface area contributed by atoms with Gasteiger partial charge in [0.1, 0.15) is 0 Å². The van der Waals surface area contributed by atoms with Crippen LogP contribution in [0.4, 0.5) is 0 Å². The van der Waals surface area contributed by atoms with Gasteiger partial charge in [0.05, 0.1) is 11.5 Å². The molecular formula is C14H22CeO3S. The van der Waals surface area contributed by atoms with E-state index in [1.807, 2.05) is 0 Å². The minimum Gasteiger partial charge on any atom is -0.266 e. The van der Waals surface area contributed by atoms with Crippen LogP contribution in [0.5, 0.6) is 0 Å². The van der Waals surface area contributed by atoms with Crippen molar-refractivity contribution in [2.24, 2.45) is 0 Å². The van der Waals surface area contributed by atoms with Gasteiger partial charge in [-0.3, -0.25) is 4.18 Å². The molecule has 0 aromatic heterocycles. The average Bonchev–Trinajstić information content (AvgIpc) is 2.39. The third kappa shape index (κ3) is 8.40. The van der Waals surface area contributed by atoms with Crippen LogP contribution in [0.2, 0.25) is 0 Å². The Bertz CT molecular complexity index is 418. The summed E-state index contributed by atoms with van der Waals surface area (Å²) in [6, 6.07) is 8.28. The topological polar surface area (TPSA) is 43.4 Å². The first-order chi connectivity index (χ1) is 8.67. The normalized spacial score (nSPS) is 11.0. The molecule has 0 aliphatic carbocycles. The maximum atomic E-state index is 11.7. The Morgan fingerprint density at radius 3 is 2.16 bits per heavy atom. The second-order valence-corrected chi connectivity index (χ2v) is 5.97. The van der Waals surface area contributed by atoms with Gasteiger partial charge in [-0.25, -0.2) is 0 Å². The summed E-state index contributed by atoms with van der Waals surface area (Å²) in [6.45, 7) is 2.46. The Hall–Kier alpha value is 0.507. The molecule has 0 fully saturated rings. The fourth-order valence-corrected chi connectivity index (χ4v) is 2.67. The van der Waals surface area contributed by atoms with Crippen molar-refractivity contribution in [3.8, 4) is 0 Å². The molecule has 0 radical (unpaired) electrons. The largest absolute Gasteiger partial charge is 0.296 e. The van der Waals surface area contributed by atoms with Gasteiger partial charge in [0.2, 0.25) is 0 Å². The van der Waals surface area contributed by atoms with Crippen LogP contribution < -0.4 is 0 Å².